The lowest BCUT2D eigenvalue weighted by molar-refractivity contribution is -0.0654. The molecule has 1 saturated carbocycles. The largest absolute Gasteiger partial charge is 0.379 e. The Morgan fingerprint density at radius 3 is 2.71 bits per heavy atom. The monoisotopic (exact) mass is 201 g/mol. The summed E-state index contributed by atoms with van der Waals surface area (Å²) in [6.45, 7) is 5.49. The molecule has 0 saturated heterocycles. The van der Waals surface area contributed by atoms with E-state index < -0.39 is 0 Å². The second-order valence-corrected chi connectivity index (χ2v) is 4.09. The Morgan fingerprint density at radius 1 is 1.36 bits per heavy atom. The lowest BCUT2D eigenvalue weighted by Crippen LogP contribution is -2.41. The van der Waals surface area contributed by atoms with Crippen molar-refractivity contribution in [1.82, 2.24) is 0 Å². The lowest BCUT2D eigenvalue weighted by Gasteiger charge is -2.30. The molecule has 0 spiro atoms. The summed E-state index contributed by atoms with van der Waals surface area (Å²) in [5, 5.41) is 0. The molecule has 0 aromatic rings. The van der Waals surface area contributed by atoms with Crippen molar-refractivity contribution in [2.45, 2.75) is 57.8 Å². The highest BCUT2D eigenvalue weighted by molar-refractivity contribution is 4.79. The van der Waals surface area contributed by atoms with E-state index in [1.165, 1.54) is 12.8 Å². The molecule has 0 heterocycles. The summed E-state index contributed by atoms with van der Waals surface area (Å²) in [6, 6.07) is 0.229. The van der Waals surface area contributed by atoms with Gasteiger partial charge in [-0.05, 0) is 26.7 Å². The summed E-state index contributed by atoms with van der Waals surface area (Å²) >= 11 is 0. The first kappa shape index (κ1) is 12.0. The number of hydrogen-bond donors (Lipinski definition) is 1. The second-order valence-electron chi connectivity index (χ2n) is 4.09. The highest BCUT2D eigenvalue weighted by atomic mass is 16.5. The van der Waals surface area contributed by atoms with E-state index >= 15 is 0 Å². The molecule has 14 heavy (non-hydrogen) atoms. The molecule has 3 unspecified atom stereocenters. The Labute approximate surface area is 86.9 Å². The molecule has 0 aromatic heterocycles. The van der Waals surface area contributed by atoms with Gasteiger partial charge in [0.25, 0.3) is 0 Å². The molecule has 3 heteroatoms. The van der Waals surface area contributed by atoms with E-state index in [1.807, 2.05) is 6.92 Å². The Hall–Kier alpha value is -0.120. The van der Waals surface area contributed by atoms with Crippen molar-refractivity contribution in [3.05, 3.63) is 0 Å². The molecule has 3 atom stereocenters. The Balaban J connectivity index is 2.20. The average molecular weight is 201 g/mol. The minimum Gasteiger partial charge on any atom is -0.379 e. The SMILES string of the molecule is CCOCC(C)OC1CCCCC1N. The molecule has 1 aliphatic carbocycles. The van der Waals surface area contributed by atoms with Gasteiger partial charge in [-0.15, -0.1) is 0 Å². The summed E-state index contributed by atoms with van der Waals surface area (Å²) in [5.41, 5.74) is 5.99. The van der Waals surface area contributed by atoms with E-state index in [4.69, 9.17) is 15.2 Å². The van der Waals surface area contributed by atoms with E-state index in [9.17, 15) is 0 Å². The van der Waals surface area contributed by atoms with Crippen LogP contribution in [0.2, 0.25) is 0 Å². The molecule has 84 valence electrons. The van der Waals surface area contributed by atoms with Crippen LogP contribution in [0.1, 0.15) is 39.5 Å². The maximum atomic E-state index is 5.99. The van der Waals surface area contributed by atoms with Crippen LogP contribution in [-0.2, 0) is 9.47 Å². The van der Waals surface area contributed by atoms with Crippen LogP contribution in [0.25, 0.3) is 0 Å². The highest BCUT2D eigenvalue weighted by Gasteiger charge is 2.23. The summed E-state index contributed by atoms with van der Waals surface area (Å²) in [5.74, 6) is 0. The van der Waals surface area contributed by atoms with Gasteiger partial charge in [0.2, 0.25) is 0 Å². The summed E-state index contributed by atoms with van der Waals surface area (Å²) in [6.07, 6.45) is 5.13. The fraction of sp³-hybridized carbons (Fsp3) is 1.00. The van der Waals surface area contributed by atoms with Crippen LogP contribution in [0, 0.1) is 0 Å². The number of hydrogen-bond acceptors (Lipinski definition) is 3. The van der Waals surface area contributed by atoms with Crippen molar-refractivity contribution < 1.29 is 9.47 Å². The molecular formula is C11H23NO2. The number of ether oxygens (including phenoxy) is 2. The van der Waals surface area contributed by atoms with Crippen molar-refractivity contribution in [2.24, 2.45) is 5.73 Å². The van der Waals surface area contributed by atoms with Crippen LogP contribution in [-0.4, -0.2) is 31.5 Å². The van der Waals surface area contributed by atoms with E-state index in [-0.39, 0.29) is 18.2 Å². The molecule has 0 bridgehead atoms. The van der Waals surface area contributed by atoms with Crippen molar-refractivity contribution in [3.8, 4) is 0 Å². The molecular weight excluding hydrogens is 178 g/mol. The van der Waals surface area contributed by atoms with Crippen LogP contribution in [0.15, 0.2) is 0 Å². The standard InChI is InChI=1S/C11H23NO2/c1-3-13-8-9(2)14-11-7-5-4-6-10(11)12/h9-11H,3-8,12H2,1-2H3. The molecule has 0 aromatic carbocycles. The molecule has 3 nitrogen and oxygen atoms in total. The summed E-state index contributed by atoms with van der Waals surface area (Å²) in [7, 11) is 0. The Bertz CT molecular complexity index is 152. The maximum absolute atomic E-state index is 5.99. The maximum Gasteiger partial charge on any atom is 0.0785 e. The molecule has 1 rings (SSSR count). The van der Waals surface area contributed by atoms with Crippen molar-refractivity contribution in [2.75, 3.05) is 13.2 Å². The van der Waals surface area contributed by atoms with E-state index in [1.54, 1.807) is 0 Å². The minimum absolute atomic E-state index is 0.170. The molecule has 1 aliphatic rings. The van der Waals surface area contributed by atoms with Crippen LogP contribution in [0.5, 0.6) is 0 Å². The van der Waals surface area contributed by atoms with Gasteiger partial charge >= 0.3 is 0 Å². The van der Waals surface area contributed by atoms with Crippen molar-refractivity contribution in [3.63, 3.8) is 0 Å². The van der Waals surface area contributed by atoms with Gasteiger partial charge in [-0.3, -0.25) is 0 Å². The van der Waals surface area contributed by atoms with Gasteiger partial charge in [0.15, 0.2) is 0 Å². The zero-order valence-electron chi connectivity index (χ0n) is 9.37. The van der Waals surface area contributed by atoms with Crippen molar-refractivity contribution in [1.29, 1.82) is 0 Å². The van der Waals surface area contributed by atoms with Crippen LogP contribution in [0.3, 0.4) is 0 Å². The van der Waals surface area contributed by atoms with Crippen molar-refractivity contribution >= 4 is 0 Å². The topological polar surface area (TPSA) is 44.5 Å². The highest BCUT2D eigenvalue weighted by Crippen LogP contribution is 2.20. The molecule has 0 amide bonds. The quantitative estimate of drug-likeness (QED) is 0.736. The van der Waals surface area contributed by atoms with Crippen LogP contribution >= 0.6 is 0 Å². The van der Waals surface area contributed by atoms with Crippen LogP contribution in [0.4, 0.5) is 0 Å². The van der Waals surface area contributed by atoms with Gasteiger partial charge in [0, 0.05) is 12.6 Å². The van der Waals surface area contributed by atoms with Gasteiger partial charge in [0.05, 0.1) is 18.8 Å². The fourth-order valence-electron chi connectivity index (χ4n) is 1.92. The third-order valence-corrected chi connectivity index (χ3v) is 2.72. The van der Waals surface area contributed by atoms with Gasteiger partial charge in [-0.2, -0.15) is 0 Å². The third-order valence-electron chi connectivity index (χ3n) is 2.72. The third kappa shape index (κ3) is 3.95. The van der Waals surface area contributed by atoms with Gasteiger partial charge in [-0.25, -0.2) is 0 Å². The second kappa shape index (κ2) is 6.38. The molecule has 1 fully saturated rings. The Kier molecular flexibility index (Phi) is 5.45. The van der Waals surface area contributed by atoms with Gasteiger partial charge < -0.3 is 15.2 Å². The van der Waals surface area contributed by atoms with E-state index in [0.717, 1.165) is 19.4 Å². The lowest BCUT2D eigenvalue weighted by atomic mass is 9.93. The normalized spacial score (nSPS) is 30.2. The average Bonchev–Trinajstić information content (AvgIpc) is 2.18. The summed E-state index contributed by atoms with van der Waals surface area (Å²) < 4.78 is 11.2. The number of rotatable bonds is 5. The molecule has 2 N–H and O–H groups in total. The smallest absolute Gasteiger partial charge is 0.0785 e. The van der Waals surface area contributed by atoms with E-state index in [0.29, 0.717) is 6.61 Å². The predicted octanol–water partition coefficient (Wildman–Crippen LogP) is 1.70. The first-order valence-electron chi connectivity index (χ1n) is 5.72. The first-order valence-corrected chi connectivity index (χ1v) is 5.72. The number of nitrogens with two attached hydrogens (primary N) is 1. The van der Waals surface area contributed by atoms with Crippen LogP contribution < -0.4 is 5.73 Å². The zero-order chi connectivity index (χ0) is 10.4. The Morgan fingerprint density at radius 2 is 2.07 bits per heavy atom. The zero-order valence-corrected chi connectivity index (χ0v) is 9.37. The van der Waals surface area contributed by atoms with E-state index in [2.05, 4.69) is 6.92 Å². The molecule has 0 radical (unpaired) electrons. The van der Waals surface area contributed by atoms with Gasteiger partial charge in [-0.1, -0.05) is 12.8 Å². The van der Waals surface area contributed by atoms with Gasteiger partial charge in [0.1, 0.15) is 0 Å². The fourth-order valence-corrected chi connectivity index (χ4v) is 1.92. The summed E-state index contributed by atoms with van der Waals surface area (Å²) in [4.78, 5) is 0. The minimum atomic E-state index is 0.170. The molecule has 0 aliphatic heterocycles. The first-order chi connectivity index (χ1) is 6.74. The predicted molar refractivity (Wildman–Crippen MR) is 57.3 cm³/mol.